The zero-order valence-corrected chi connectivity index (χ0v) is 12.0. The van der Waals surface area contributed by atoms with Crippen molar-refractivity contribution in [2.75, 3.05) is 11.9 Å². The summed E-state index contributed by atoms with van der Waals surface area (Å²) in [4.78, 5) is 0. The zero-order chi connectivity index (χ0) is 12.0. The van der Waals surface area contributed by atoms with Gasteiger partial charge in [0, 0.05) is 11.9 Å². The minimum atomic E-state index is 0.328. The Bertz CT molecular complexity index is 292. The maximum absolute atomic E-state index is 5.60. The van der Waals surface area contributed by atoms with Crippen LogP contribution in [0.15, 0.2) is 24.3 Å². The summed E-state index contributed by atoms with van der Waals surface area (Å²) in [5, 5.41) is 0.998. The number of benzene rings is 1. The van der Waals surface area contributed by atoms with Gasteiger partial charge in [-0.2, -0.15) is 0 Å². The normalized spacial score (nSPS) is 13.1. The molecule has 1 atom stereocenters. The first kappa shape index (κ1) is 13.7. The van der Waals surface area contributed by atoms with Gasteiger partial charge in [-0.1, -0.05) is 45.8 Å². The molecule has 0 N–H and O–H groups in total. The monoisotopic (exact) mass is 284 g/mol. The molecule has 0 fully saturated rings. The van der Waals surface area contributed by atoms with E-state index in [1.807, 2.05) is 0 Å². The number of rotatable bonds is 6. The van der Waals surface area contributed by atoms with Crippen molar-refractivity contribution in [2.24, 2.45) is 0 Å². The third kappa shape index (κ3) is 4.67. The lowest BCUT2D eigenvalue weighted by atomic mass is 9.97. The molecule has 1 aromatic rings. The zero-order valence-electron chi connectivity index (χ0n) is 10.4. The van der Waals surface area contributed by atoms with Crippen molar-refractivity contribution >= 4 is 15.9 Å². The summed E-state index contributed by atoms with van der Waals surface area (Å²) in [5.74, 6) is 0.555. The van der Waals surface area contributed by atoms with E-state index in [0.29, 0.717) is 12.0 Å². The summed E-state index contributed by atoms with van der Waals surface area (Å²) in [5.41, 5.74) is 2.71. The number of ether oxygens (including phenoxy) is 1. The summed E-state index contributed by atoms with van der Waals surface area (Å²) >= 11 is 3.58. The predicted octanol–water partition coefficient (Wildman–Crippen LogP) is 4.29. The smallest absolute Gasteiger partial charge is 0.0518 e. The van der Waals surface area contributed by atoms with Gasteiger partial charge in [0.25, 0.3) is 0 Å². The second-order valence-corrected chi connectivity index (χ2v) is 5.12. The fourth-order valence-electron chi connectivity index (χ4n) is 1.62. The molecule has 0 aromatic heterocycles. The molecule has 1 unspecified atom stereocenters. The van der Waals surface area contributed by atoms with Crippen LogP contribution in [0.4, 0.5) is 0 Å². The molecule has 0 aliphatic carbocycles. The van der Waals surface area contributed by atoms with Crippen LogP contribution in [0.5, 0.6) is 0 Å². The largest absolute Gasteiger partial charge is 0.379 e. The Balaban J connectivity index is 2.50. The second-order valence-electron chi connectivity index (χ2n) is 4.47. The molecule has 0 bridgehead atoms. The molecule has 16 heavy (non-hydrogen) atoms. The number of aryl methyl sites for hydroxylation is 1. The minimum Gasteiger partial charge on any atom is -0.379 e. The number of halogens is 1. The van der Waals surface area contributed by atoms with Gasteiger partial charge in [-0.15, -0.1) is 0 Å². The SMILES string of the molecule is Cc1ccc(C(CBr)CCOC(C)C)cc1. The van der Waals surface area contributed by atoms with E-state index in [2.05, 4.69) is 61.0 Å². The van der Waals surface area contributed by atoms with Crippen molar-refractivity contribution < 1.29 is 4.74 Å². The third-order valence-corrected chi connectivity index (χ3v) is 3.43. The third-order valence-electron chi connectivity index (χ3n) is 2.65. The van der Waals surface area contributed by atoms with E-state index >= 15 is 0 Å². The molecule has 0 saturated heterocycles. The van der Waals surface area contributed by atoms with Crippen molar-refractivity contribution in [3.8, 4) is 0 Å². The van der Waals surface area contributed by atoms with Gasteiger partial charge in [0.05, 0.1) is 6.10 Å². The molecule has 0 saturated carbocycles. The molecule has 1 rings (SSSR count). The molecular formula is C14H21BrO. The Morgan fingerprint density at radius 1 is 1.19 bits per heavy atom. The van der Waals surface area contributed by atoms with Crippen molar-refractivity contribution in [2.45, 2.75) is 39.2 Å². The molecule has 0 aliphatic rings. The van der Waals surface area contributed by atoms with Crippen LogP contribution >= 0.6 is 15.9 Å². The maximum atomic E-state index is 5.60. The summed E-state index contributed by atoms with van der Waals surface area (Å²) in [6.07, 6.45) is 1.40. The number of alkyl halides is 1. The van der Waals surface area contributed by atoms with E-state index in [1.54, 1.807) is 0 Å². The van der Waals surface area contributed by atoms with Crippen LogP contribution in [0.25, 0.3) is 0 Å². The summed E-state index contributed by atoms with van der Waals surface area (Å²) in [6, 6.07) is 8.79. The van der Waals surface area contributed by atoms with Crippen molar-refractivity contribution in [3.05, 3.63) is 35.4 Å². The fraction of sp³-hybridized carbons (Fsp3) is 0.571. The van der Waals surface area contributed by atoms with Gasteiger partial charge >= 0.3 is 0 Å². The van der Waals surface area contributed by atoms with Gasteiger partial charge in [-0.05, 0) is 38.7 Å². The van der Waals surface area contributed by atoms with Crippen LogP contribution in [-0.2, 0) is 4.74 Å². The first-order valence-corrected chi connectivity index (χ1v) is 6.99. The molecule has 1 nitrogen and oxygen atoms in total. The highest BCUT2D eigenvalue weighted by atomic mass is 79.9. The topological polar surface area (TPSA) is 9.23 Å². The highest BCUT2D eigenvalue weighted by Crippen LogP contribution is 2.22. The molecule has 90 valence electrons. The van der Waals surface area contributed by atoms with E-state index in [9.17, 15) is 0 Å². The van der Waals surface area contributed by atoms with Gasteiger partial charge in [0.2, 0.25) is 0 Å². The quantitative estimate of drug-likeness (QED) is 0.708. The number of hydrogen-bond donors (Lipinski definition) is 0. The highest BCUT2D eigenvalue weighted by Gasteiger charge is 2.10. The van der Waals surface area contributed by atoms with Gasteiger partial charge in [-0.3, -0.25) is 0 Å². The molecule has 0 aliphatic heterocycles. The molecule has 0 heterocycles. The predicted molar refractivity (Wildman–Crippen MR) is 73.4 cm³/mol. The Labute approximate surface area is 107 Å². The van der Waals surface area contributed by atoms with Crippen LogP contribution in [0, 0.1) is 6.92 Å². The van der Waals surface area contributed by atoms with E-state index in [-0.39, 0.29) is 0 Å². The van der Waals surface area contributed by atoms with E-state index in [1.165, 1.54) is 11.1 Å². The van der Waals surface area contributed by atoms with Crippen LogP contribution in [0.3, 0.4) is 0 Å². The molecule has 2 heteroatoms. The molecule has 0 spiro atoms. The van der Waals surface area contributed by atoms with E-state index < -0.39 is 0 Å². The Hall–Kier alpha value is -0.340. The first-order chi connectivity index (χ1) is 7.63. The lowest BCUT2D eigenvalue weighted by Gasteiger charge is -2.16. The van der Waals surface area contributed by atoms with Crippen molar-refractivity contribution in [3.63, 3.8) is 0 Å². The van der Waals surface area contributed by atoms with Crippen LogP contribution < -0.4 is 0 Å². The average molecular weight is 285 g/mol. The van der Waals surface area contributed by atoms with Gasteiger partial charge in [-0.25, -0.2) is 0 Å². The lowest BCUT2D eigenvalue weighted by Crippen LogP contribution is -2.09. The van der Waals surface area contributed by atoms with E-state index in [0.717, 1.165) is 18.4 Å². The standard InChI is InChI=1S/C14H21BrO/c1-11(2)16-9-8-14(10-15)13-6-4-12(3)5-7-13/h4-7,11,14H,8-10H2,1-3H3. The summed E-state index contributed by atoms with van der Waals surface area (Å²) in [6.45, 7) is 7.11. The fourth-order valence-corrected chi connectivity index (χ4v) is 2.32. The van der Waals surface area contributed by atoms with Gasteiger partial charge in [0.15, 0.2) is 0 Å². The minimum absolute atomic E-state index is 0.328. The lowest BCUT2D eigenvalue weighted by molar-refractivity contribution is 0.0744. The van der Waals surface area contributed by atoms with Gasteiger partial charge < -0.3 is 4.74 Å². The Kier molecular flexibility index (Phi) is 6.07. The van der Waals surface area contributed by atoms with Crippen LogP contribution in [0.1, 0.15) is 37.3 Å². The van der Waals surface area contributed by atoms with E-state index in [4.69, 9.17) is 4.74 Å². The molecule has 0 amide bonds. The number of hydrogen-bond acceptors (Lipinski definition) is 1. The van der Waals surface area contributed by atoms with Crippen molar-refractivity contribution in [1.29, 1.82) is 0 Å². The molecular weight excluding hydrogens is 264 g/mol. The molecule has 0 radical (unpaired) electrons. The first-order valence-electron chi connectivity index (χ1n) is 5.87. The Morgan fingerprint density at radius 3 is 2.31 bits per heavy atom. The average Bonchev–Trinajstić information content (AvgIpc) is 2.26. The van der Waals surface area contributed by atoms with Gasteiger partial charge in [0.1, 0.15) is 0 Å². The second kappa shape index (κ2) is 7.08. The highest BCUT2D eigenvalue weighted by molar-refractivity contribution is 9.09. The summed E-state index contributed by atoms with van der Waals surface area (Å²) < 4.78 is 5.60. The summed E-state index contributed by atoms with van der Waals surface area (Å²) in [7, 11) is 0. The Morgan fingerprint density at radius 2 is 1.81 bits per heavy atom. The van der Waals surface area contributed by atoms with Crippen molar-refractivity contribution in [1.82, 2.24) is 0 Å². The maximum Gasteiger partial charge on any atom is 0.0518 e. The molecule has 1 aromatic carbocycles. The van der Waals surface area contributed by atoms with Crippen LogP contribution in [0.2, 0.25) is 0 Å². The van der Waals surface area contributed by atoms with Crippen LogP contribution in [-0.4, -0.2) is 18.0 Å².